The van der Waals surface area contributed by atoms with E-state index in [0.717, 1.165) is 38.2 Å². The Balaban J connectivity index is 1.80. The zero-order chi connectivity index (χ0) is 17.6. The fourth-order valence-corrected chi connectivity index (χ4v) is 4.87. The molecule has 0 spiro atoms. The van der Waals surface area contributed by atoms with Crippen LogP contribution in [0.3, 0.4) is 0 Å². The first-order chi connectivity index (χ1) is 12.0. The van der Waals surface area contributed by atoms with Crippen LogP contribution < -0.4 is 0 Å². The minimum absolute atomic E-state index is 0.981. The van der Waals surface area contributed by atoms with Gasteiger partial charge in [0.15, 0.2) is 0 Å². The lowest BCUT2D eigenvalue weighted by atomic mass is 10.1. The predicted molar refractivity (Wildman–Crippen MR) is 110 cm³/mol. The highest BCUT2D eigenvalue weighted by atomic mass is 79.9. The Morgan fingerprint density at radius 2 is 1.92 bits per heavy atom. The molecule has 1 aromatic carbocycles. The Morgan fingerprint density at radius 1 is 1.12 bits per heavy atom. The Bertz CT molecular complexity index is 929. The van der Waals surface area contributed by atoms with Gasteiger partial charge in [-0.2, -0.15) is 0 Å². The number of aryl methyl sites for hydroxylation is 3. The maximum absolute atomic E-state index is 4.44. The van der Waals surface area contributed by atoms with Crippen LogP contribution in [0.15, 0.2) is 39.4 Å². The van der Waals surface area contributed by atoms with E-state index in [2.05, 4.69) is 77.6 Å². The van der Waals surface area contributed by atoms with E-state index in [9.17, 15) is 0 Å². The minimum Gasteiger partial charge on any atom is -0.343 e. The number of benzene rings is 1. The third-order valence-electron chi connectivity index (χ3n) is 5.08. The van der Waals surface area contributed by atoms with E-state index in [-0.39, 0.29) is 0 Å². The van der Waals surface area contributed by atoms with Crippen molar-refractivity contribution in [2.45, 2.75) is 32.9 Å². The molecule has 5 heteroatoms. The largest absolute Gasteiger partial charge is 0.343 e. The smallest absolute Gasteiger partial charge is 0.0641 e. The number of aromatic nitrogens is 2. The maximum Gasteiger partial charge on any atom is 0.0641 e. The van der Waals surface area contributed by atoms with Gasteiger partial charge in [0.05, 0.1) is 5.52 Å². The summed E-state index contributed by atoms with van der Waals surface area (Å²) < 4.78 is 4.88. The molecule has 0 radical (unpaired) electrons. The number of fused-ring (bicyclic) bond motifs is 3. The van der Waals surface area contributed by atoms with Crippen LogP contribution in [-0.4, -0.2) is 28.0 Å². The summed E-state index contributed by atoms with van der Waals surface area (Å²) in [6.07, 6.45) is 4.11. The quantitative estimate of drug-likeness (QED) is 0.539. The standard InChI is InChI=1S/C20H21Br2N3/c1-13-3-4-14(11-23-13)7-10-25-18-8-9-24(2)12-15(18)19-16(21)5-6-17(22)20(19)25/h3-6,11H,7-10,12H2,1-2H3. The molecule has 4 rings (SSSR count). The lowest BCUT2D eigenvalue weighted by Crippen LogP contribution is -2.27. The first-order valence-electron chi connectivity index (χ1n) is 8.62. The summed E-state index contributed by atoms with van der Waals surface area (Å²) in [4.78, 5) is 6.84. The summed E-state index contributed by atoms with van der Waals surface area (Å²) in [5.74, 6) is 0. The van der Waals surface area contributed by atoms with Crippen LogP contribution in [0.25, 0.3) is 10.9 Å². The number of hydrogen-bond acceptors (Lipinski definition) is 2. The SMILES string of the molecule is Cc1ccc(CCn2c3c(c4c(Br)ccc(Br)c42)CN(C)CC3)cn1. The van der Waals surface area contributed by atoms with Gasteiger partial charge in [-0.1, -0.05) is 22.0 Å². The van der Waals surface area contributed by atoms with Crippen molar-refractivity contribution in [3.05, 3.63) is 61.9 Å². The molecule has 0 N–H and O–H groups in total. The molecule has 1 aliphatic heterocycles. The topological polar surface area (TPSA) is 21.1 Å². The average molecular weight is 463 g/mol. The zero-order valence-electron chi connectivity index (χ0n) is 14.5. The second-order valence-electron chi connectivity index (χ2n) is 6.88. The Labute approximate surface area is 165 Å². The average Bonchev–Trinajstić information content (AvgIpc) is 2.92. The van der Waals surface area contributed by atoms with Gasteiger partial charge in [-0.25, -0.2) is 0 Å². The molecule has 25 heavy (non-hydrogen) atoms. The van der Waals surface area contributed by atoms with Crippen LogP contribution in [0.1, 0.15) is 22.5 Å². The molecule has 3 aromatic rings. The summed E-state index contributed by atoms with van der Waals surface area (Å²) >= 11 is 7.58. The predicted octanol–water partition coefficient (Wildman–Crippen LogP) is 5.10. The summed E-state index contributed by atoms with van der Waals surface area (Å²) in [5.41, 5.74) is 6.64. The second kappa shape index (κ2) is 6.86. The molecule has 3 heterocycles. The summed E-state index contributed by atoms with van der Waals surface area (Å²) in [7, 11) is 2.20. The van der Waals surface area contributed by atoms with E-state index >= 15 is 0 Å². The van der Waals surface area contributed by atoms with Gasteiger partial charge in [-0.05, 0) is 65.6 Å². The molecule has 0 saturated carbocycles. The van der Waals surface area contributed by atoms with Gasteiger partial charge in [0.2, 0.25) is 0 Å². The molecular formula is C20H21Br2N3. The van der Waals surface area contributed by atoms with Crippen molar-refractivity contribution < 1.29 is 0 Å². The molecule has 0 atom stereocenters. The van der Waals surface area contributed by atoms with E-state index < -0.39 is 0 Å². The van der Waals surface area contributed by atoms with Gasteiger partial charge in [0.25, 0.3) is 0 Å². The lowest BCUT2D eigenvalue weighted by molar-refractivity contribution is 0.309. The van der Waals surface area contributed by atoms with Gasteiger partial charge >= 0.3 is 0 Å². The number of halogens is 2. The molecule has 130 valence electrons. The zero-order valence-corrected chi connectivity index (χ0v) is 17.7. The Kier molecular flexibility index (Phi) is 4.73. The molecule has 2 aromatic heterocycles. The van der Waals surface area contributed by atoms with Crippen molar-refractivity contribution in [2.75, 3.05) is 13.6 Å². The number of hydrogen-bond donors (Lipinski definition) is 0. The van der Waals surface area contributed by atoms with Crippen molar-refractivity contribution in [2.24, 2.45) is 0 Å². The third kappa shape index (κ3) is 3.18. The highest BCUT2D eigenvalue weighted by Gasteiger charge is 2.24. The molecule has 0 bridgehead atoms. The highest BCUT2D eigenvalue weighted by Crippen LogP contribution is 2.39. The van der Waals surface area contributed by atoms with Crippen LogP contribution in [0, 0.1) is 6.92 Å². The molecule has 0 amide bonds. The highest BCUT2D eigenvalue weighted by molar-refractivity contribution is 9.11. The fraction of sp³-hybridized carbons (Fsp3) is 0.350. The van der Waals surface area contributed by atoms with Crippen molar-refractivity contribution in [1.82, 2.24) is 14.5 Å². The number of pyridine rings is 1. The lowest BCUT2D eigenvalue weighted by Gasteiger charge is -2.24. The summed E-state index contributed by atoms with van der Waals surface area (Å²) in [6, 6.07) is 8.58. The number of rotatable bonds is 3. The molecule has 0 fully saturated rings. The Hall–Kier alpha value is -1.17. The normalized spacial score (nSPS) is 14.9. The minimum atomic E-state index is 0.981. The van der Waals surface area contributed by atoms with Gasteiger partial charge in [0, 0.05) is 58.0 Å². The van der Waals surface area contributed by atoms with Crippen molar-refractivity contribution in [3.8, 4) is 0 Å². The van der Waals surface area contributed by atoms with Crippen LogP contribution in [0.4, 0.5) is 0 Å². The van der Waals surface area contributed by atoms with Crippen LogP contribution in [0.2, 0.25) is 0 Å². The van der Waals surface area contributed by atoms with E-state index in [0.29, 0.717) is 0 Å². The fourth-order valence-electron chi connectivity index (χ4n) is 3.77. The molecule has 0 aliphatic carbocycles. The maximum atomic E-state index is 4.44. The van der Waals surface area contributed by atoms with Gasteiger partial charge in [0.1, 0.15) is 0 Å². The van der Waals surface area contributed by atoms with Crippen LogP contribution in [0.5, 0.6) is 0 Å². The number of likely N-dealkylation sites (N-methyl/N-ethyl adjacent to an activating group) is 1. The molecule has 1 aliphatic rings. The van der Waals surface area contributed by atoms with E-state index in [1.54, 1.807) is 0 Å². The summed E-state index contributed by atoms with van der Waals surface area (Å²) in [6.45, 7) is 5.14. The Morgan fingerprint density at radius 3 is 2.68 bits per heavy atom. The van der Waals surface area contributed by atoms with Gasteiger partial charge in [-0.3, -0.25) is 4.98 Å². The van der Waals surface area contributed by atoms with E-state index in [4.69, 9.17) is 0 Å². The monoisotopic (exact) mass is 461 g/mol. The molecular weight excluding hydrogens is 442 g/mol. The summed E-state index contributed by atoms with van der Waals surface area (Å²) in [5, 5.41) is 1.36. The van der Waals surface area contributed by atoms with Crippen molar-refractivity contribution in [3.63, 3.8) is 0 Å². The second-order valence-corrected chi connectivity index (χ2v) is 8.58. The number of nitrogens with zero attached hydrogens (tertiary/aromatic N) is 3. The third-order valence-corrected chi connectivity index (χ3v) is 6.38. The van der Waals surface area contributed by atoms with Crippen LogP contribution in [-0.2, 0) is 25.9 Å². The molecule has 0 saturated heterocycles. The van der Waals surface area contributed by atoms with Crippen LogP contribution >= 0.6 is 31.9 Å². The first kappa shape index (κ1) is 17.3. The van der Waals surface area contributed by atoms with Crippen molar-refractivity contribution in [1.29, 1.82) is 0 Å². The van der Waals surface area contributed by atoms with Gasteiger partial charge in [-0.15, -0.1) is 0 Å². The van der Waals surface area contributed by atoms with Crippen molar-refractivity contribution >= 4 is 42.8 Å². The molecule has 0 unspecified atom stereocenters. The molecule has 3 nitrogen and oxygen atoms in total. The first-order valence-corrected chi connectivity index (χ1v) is 10.2. The van der Waals surface area contributed by atoms with E-state index in [1.807, 2.05) is 13.1 Å². The van der Waals surface area contributed by atoms with Gasteiger partial charge < -0.3 is 9.47 Å². The van der Waals surface area contributed by atoms with E-state index in [1.165, 1.54) is 36.7 Å².